The van der Waals surface area contributed by atoms with Gasteiger partial charge in [0.05, 0.1) is 16.6 Å². The lowest BCUT2D eigenvalue weighted by atomic mass is 10.0. The predicted octanol–water partition coefficient (Wildman–Crippen LogP) is 2.79. The maximum Gasteiger partial charge on any atom is 0.228 e. The summed E-state index contributed by atoms with van der Waals surface area (Å²) in [5.74, 6) is -1.14. The predicted molar refractivity (Wildman–Crippen MR) is 67.5 cm³/mol. The number of para-hydroxylation sites is 1. The van der Waals surface area contributed by atoms with Gasteiger partial charge in [0.15, 0.2) is 0 Å². The second-order valence-electron chi connectivity index (χ2n) is 3.81. The molecule has 0 fully saturated rings. The van der Waals surface area contributed by atoms with Gasteiger partial charge in [-0.15, -0.1) is 0 Å². The molecule has 0 aliphatic heterocycles. The molecule has 0 saturated carbocycles. The van der Waals surface area contributed by atoms with Crippen LogP contribution in [0, 0.1) is 11.7 Å². The second-order valence-corrected chi connectivity index (χ2v) is 4.21. The highest BCUT2D eigenvalue weighted by Gasteiger charge is 2.18. The van der Waals surface area contributed by atoms with E-state index < -0.39 is 5.82 Å². The molecule has 1 amide bonds. The lowest BCUT2D eigenvalue weighted by molar-refractivity contribution is -0.119. The standard InChI is InChI=1S/C12H16ClFN2O/c1-2-4-8(7-15)12(17)16-11-9(13)5-3-6-10(11)14/h3,5-6,8H,2,4,7,15H2,1H3,(H,16,17). The molecule has 1 aromatic carbocycles. The van der Waals surface area contributed by atoms with E-state index in [0.717, 1.165) is 6.42 Å². The van der Waals surface area contributed by atoms with E-state index in [1.807, 2.05) is 6.92 Å². The summed E-state index contributed by atoms with van der Waals surface area (Å²) in [5, 5.41) is 2.67. The molecular weight excluding hydrogens is 243 g/mol. The molecule has 0 spiro atoms. The van der Waals surface area contributed by atoms with Crippen LogP contribution in [0.3, 0.4) is 0 Å². The maximum atomic E-state index is 13.4. The van der Waals surface area contributed by atoms with Crippen LogP contribution in [-0.2, 0) is 4.79 Å². The summed E-state index contributed by atoms with van der Waals surface area (Å²) in [7, 11) is 0. The Morgan fingerprint density at radius 2 is 2.29 bits per heavy atom. The van der Waals surface area contributed by atoms with Crippen molar-refractivity contribution < 1.29 is 9.18 Å². The Morgan fingerprint density at radius 1 is 1.59 bits per heavy atom. The van der Waals surface area contributed by atoms with Gasteiger partial charge < -0.3 is 11.1 Å². The lowest BCUT2D eigenvalue weighted by Crippen LogP contribution is -2.29. The first-order chi connectivity index (χ1) is 8.10. The average Bonchev–Trinajstić information content (AvgIpc) is 2.30. The average molecular weight is 259 g/mol. The number of nitrogens with two attached hydrogens (primary N) is 1. The third-order valence-corrected chi connectivity index (χ3v) is 2.82. The minimum atomic E-state index is -0.543. The first-order valence-corrected chi connectivity index (χ1v) is 5.92. The molecule has 94 valence electrons. The van der Waals surface area contributed by atoms with E-state index >= 15 is 0 Å². The van der Waals surface area contributed by atoms with Gasteiger partial charge in [-0.3, -0.25) is 4.79 Å². The van der Waals surface area contributed by atoms with Crippen molar-refractivity contribution in [1.29, 1.82) is 0 Å². The number of halogens is 2. The van der Waals surface area contributed by atoms with Crippen LogP contribution < -0.4 is 11.1 Å². The smallest absolute Gasteiger partial charge is 0.228 e. The molecule has 0 radical (unpaired) electrons. The molecule has 0 bridgehead atoms. The number of carbonyl (C=O) groups is 1. The van der Waals surface area contributed by atoms with E-state index in [0.29, 0.717) is 6.42 Å². The number of nitrogens with one attached hydrogen (secondary N) is 1. The largest absolute Gasteiger partial charge is 0.330 e. The first-order valence-electron chi connectivity index (χ1n) is 5.55. The van der Waals surface area contributed by atoms with Gasteiger partial charge in [-0.05, 0) is 18.6 Å². The molecule has 5 heteroatoms. The third-order valence-electron chi connectivity index (χ3n) is 2.50. The molecule has 0 heterocycles. The Bertz CT molecular complexity index is 378. The van der Waals surface area contributed by atoms with Gasteiger partial charge in [-0.25, -0.2) is 4.39 Å². The van der Waals surface area contributed by atoms with Crippen molar-refractivity contribution in [1.82, 2.24) is 0 Å². The molecule has 1 aromatic rings. The second kappa shape index (κ2) is 6.57. The summed E-state index contributed by atoms with van der Waals surface area (Å²) in [5.41, 5.74) is 5.52. The number of hydrogen-bond donors (Lipinski definition) is 2. The monoisotopic (exact) mass is 258 g/mol. The van der Waals surface area contributed by atoms with Gasteiger partial charge >= 0.3 is 0 Å². The van der Waals surface area contributed by atoms with Crippen molar-refractivity contribution in [3.8, 4) is 0 Å². The van der Waals surface area contributed by atoms with Gasteiger partial charge in [-0.1, -0.05) is 31.0 Å². The van der Waals surface area contributed by atoms with Gasteiger partial charge in [-0.2, -0.15) is 0 Å². The van der Waals surface area contributed by atoms with Gasteiger partial charge in [0.1, 0.15) is 5.82 Å². The van der Waals surface area contributed by atoms with Crippen LogP contribution in [0.4, 0.5) is 10.1 Å². The Kier molecular flexibility index (Phi) is 5.38. The topological polar surface area (TPSA) is 55.1 Å². The SMILES string of the molecule is CCCC(CN)C(=O)Nc1c(F)cccc1Cl. The molecule has 0 aliphatic rings. The van der Waals surface area contributed by atoms with Crippen LogP contribution in [0.25, 0.3) is 0 Å². The fraction of sp³-hybridized carbons (Fsp3) is 0.417. The number of amides is 1. The van der Waals surface area contributed by atoms with Crippen LogP contribution in [0.2, 0.25) is 5.02 Å². The van der Waals surface area contributed by atoms with Crippen molar-refractivity contribution >= 4 is 23.2 Å². The summed E-state index contributed by atoms with van der Waals surface area (Å²) in [6.07, 6.45) is 1.52. The zero-order chi connectivity index (χ0) is 12.8. The molecule has 0 saturated heterocycles. The van der Waals surface area contributed by atoms with Crippen molar-refractivity contribution in [3.63, 3.8) is 0 Å². The molecule has 0 aliphatic carbocycles. The molecule has 3 nitrogen and oxygen atoms in total. The van der Waals surface area contributed by atoms with E-state index in [4.69, 9.17) is 17.3 Å². The van der Waals surface area contributed by atoms with E-state index in [1.165, 1.54) is 18.2 Å². The highest BCUT2D eigenvalue weighted by Crippen LogP contribution is 2.25. The summed E-state index contributed by atoms with van der Waals surface area (Å²) in [4.78, 5) is 11.8. The fourth-order valence-electron chi connectivity index (χ4n) is 1.55. The Morgan fingerprint density at radius 3 is 2.82 bits per heavy atom. The number of benzene rings is 1. The van der Waals surface area contributed by atoms with E-state index in [1.54, 1.807) is 0 Å². The van der Waals surface area contributed by atoms with Crippen LogP contribution in [0.15, 0.2) is 18.2 Å². The highest BCUT2D eigenvalue weighted by molar-refractivity contribution is 6.33. The highest BCUT2D eigenvalue weighted by atomic mass is 35.5. The molecule has 0 aromatic heterocycles. The van der Waals surface area contributed by atoms with Crippen molar-refractivity contribution in [3.05, 3.63) is 29.0 Å². The van der Waals surface area contributed by atoms with Gasteiger partial charge in [0, 0.05) is 6.54 Å². The maximum absolute atomic E-state index is 13.4. The third kappa shape index (κ3) is 3.68. The van der Waals surface area contributed by atoms with E-state index in [2.05, 4.69) is 5.32 Å². The molecule has 1 unspecified atom stereocenters. The van der Waals surface area contributed by atoms with Crippen LogP contribution in [0.5, 0.6) is 0 Å². The number of hydrogen-bond acceptors (Lipinski definition) is 2. The normalized spacial score (nSPS) is 12.2. The lowest BCUT2D eigenvalue weighted by Gasteiger charge is -2.15. The fourth-order valence-corrected chi connectivity index (χ4v) is 1.76. The Labute approximate surface area is 105 Å². The van der Waals surface area contributed by atoms with Crippen LogP contribution in [-0.4, -0.2) is 12.5 Å². The Balaban J connectivity index is 2.80. The zero-order valence-electron chi connectivity index (χ0n) is 9.67. The summed E-state index contributed by atoms with van der Waals surface area (Å²) in [6, 6.07) is 4.26. The minimum absolute atomic E-state index is 0.0220. The van der Waals surface area contributed by atoms with Crippen molar-refractivity contribution in [2.45, 2.75) is 19.8 Å². The molecule has 3 N–H and O–H groups in total. The first kappa shape index (κ1) is 13.9. The molecule has 1 atom stereocenters. The Hall–Kier alpha value is -1.13. The van der Waals surface area contributed by atoms with Crippen LogP contribution >= 0.6 is 11.6 Å². The van der Waals surface area contributed by atoms with Crippen molar-refractivity contribution in [2.75, 3.05) is 11.9 Å². The minimum Gasteiger partial charge on any atom is -0.330 e. The number of anilines is 1. The molecular formula is C12H16ClFN2O. The van der Waals surface area contributed by atoms with Gasteiger partial charge in [0.25, 0.3) is 0 Å². The van der Waals surface area contributed by atoms with Crippen molar-refractivity contribution in [2.24, 2.45) is 11.7 Å². The summed E-state index contributed by atoms with van der Waals surface area (Å²) < 4.78 is 13.4. The van der Waals surface area contributed by atoms with Gasteiger partial charge in [0.2, 0.25) is 5.91 Å². The molecule has 17 heavy (non-hydrogen) atoms. The number of carbonyl (C=O) groups excluding carboxylic acids is 1. The van der Waals surface area contributed by atoms with E-state index in [9.17, 15) is 9.18 Å². The van der Waals surface area contributed by atoms with E-state index in [-0.39, 0.29) is 29.1 Å². The quantitative estimate of drug-likeness (QED) is 0.853. The van der Waals surface area contributed by atoms with Crippen LogP contribution in [0.1, 0.15) is 19.8 Å². The summed E-state index contributed by atoms with van der Waals surface area (Å²) >= 11 is 5.81. The molecule has 1 rings (SSSR count). The zero-order valence-corrected chi connectivity index (χ0v) is 10.4. The summed E-state index contributed by atoms with van der Waals surface area (Å²) in [6.45, 7) is 2.21. The number of rotatable bonds is 5.